The topological polar surface area (TPSA) is 34.9 Å². The monoisotopic (exact) mass is 252 g/mol. The lowest BCUT2D eigenvalue weighted by Gasteiger charge is -2.08. The van der Waals surface area contributed by atoms with Gasteiger partial charge in [-0.25, -0.2) is 0 Å². The van der Waals surface area contributed by atoms with Crippen LogP contribution < -0.4 is 0 Å². The molecule has 0 saturated carbocycles. The summed E-state index contributed by atoms with van der Waals surface area (Å²) in [6, 6.07) is 2.39. The summed E-state index contributed by atoms with van der Waals surface area (Å²) >= 11 is 1.80. The first-order chi connectivity index (χ1) is 8.20. The van der Waals surface area contributed by atoms with E-state index in [2.05, 4.69) is 18.9 Å². The van der Waals surface area contributed by atoms with E-state index < -0.39 is 0 Å². The molecule has 0 amide bonds. The molecule has 1 fully saturated rings. The van der Waals surface area contributed by atoms with Gasteiger partial charge in [0.05, 0.1) is 17.4 Å². The Kier molecular flexibility index (Phi) is 4.26. The van der Waals surface area contributed by atoms with E-state index in [1.807, 2.05) is 16.9 Å². The van der Waals surface area contributed by atoms with Crippen LogP contribution in [0.5, 0.6) is 0 Å². The van der Waals surface area contributed by atoms with Crippen LogP contribution in [0.4, 0.5) is 0 Å². The first kappa shape index (κ1) is 12.7. The summed E-state index contributed by atoms with van der Waals surface area (Å²) in [4.78, 5) is 12.0. The number of aromatic nitrogens is 2. The van der Waals surface area contributed by atoms with Gasteiger partial charge in [-0.3, -0.25) is 9.48 Å². The SMILES string of the molecule is CCC(C)n1ccc(CC(=O)C2CCCS2)n1. The average Bonchev–Trinajstić information content (AvgIpc) is 2.98. The summed E-state index contributed by atoms with van der Waals surface area (Å²) in [5, 5.41) is 4.70. The van der Waals surface area contributed by atoms with Crippen molar-refractivity contribution in [2.24, 2.45) is 0 Å². The fourth-order valence-electron chi connectivity index (χ4n) is 2.03. The Morgan fingerprint density at radius 1 is 1.71 bits per heavy atom. The van der Waals surface area contributed by atoms with Crippen LogP contribution in [0.1, 0.15) is 44.8 Å². The third-order valence-corrected chi connectivity index (χ3v) is 4.78. The smallest absolute Gasteiger partial charge is 0.151 e. The van der Waals surface area contributed by atoms with Crippen LogP contribution in [0.25, 0.3) is 0 Å². The number of hydrogen-bond acceptors (Lipinski definition) is 3. The summed E-state index contributed by atoms with van der Waals surface area (Å²) in [6.45, 7) is 4.29. The Morgan fingerprint density at radius 2 is 2.53 bits per heavy atom. The number of carbonyl (C=O) groups is 1. The van der Waals surface area contributed by atoms with E-state index in [0.717, 1.165) is 24.3 Å². The van der Waals surface area contributed by atoms with Crippen molar-refractivity contribution in [2.75, 3.05) is 5.75 Å². The van der Waals surface area contributed by atoms with E-state index in [4.69, 9.17) is 0 Å². The minimum absolute atomic E-state index is 0.226. The maximum atomic E-state index is 12.0. The van der Waals surface area contributed by atoms with Gasteiger partial charge in [0.1, 0.15) is 0 Å². The molecule has 0 spiro atoms. The lowest BCUT2D eigenvalue weighted by atomic mass is 10.1. The molecule has 1 saturated heterocycles. The highest BCUT2D eigenvalue weighted by Crippen LogP contribution is 2.27. The van der Waals surface area contributed by atoms with E-state index in [1.54, 1.807) is 11.8 Å². The second-order valence-electron chi connectivity index (χ2n) is 4.69. The van der Waals surface area contributed by atoms with Crippen LogP contribution >= 0.6 is 11.8 Å². The standard InChI is InChI=1S/C13H20N2OS/c1-3-10(2)15-7-6-11(14-15)9-12(16)13-5-4-8-17-13/h6-7,10,13H,3-5,8-9H2,1-2H3. The molecule has 1 aliphatic rings. The molecule has 0 bridgehead atoms. The number of thioether (sulfide) groups is 1. The lowest BCUT2D eigenvalue weighted by molar-refractivity contribution is -0.118. The zero-order valence-corrected chi connectivity index (χ0v) is 11.4. The zero-order chi connectivity index (χ0) is 12.3. The van der Waals surface area contributed by atoms with E-state index in [-0.39, 0.29) is 5.25 Å². The number of carbonyl (C=O) groups excluding carboxylic acids is 1. The van der Waals surface area contributed by atoms with Crippen molar-refractivity contribution in [3.8, 4) is 0 Å². The van der Waals surface area contributed by atoms with E-state index >= 15 is 0 Å². The van der Waals surface area contributed by atoms with E-state index in [9.17, 15) is 4.79 Å². The molecule has 2 rings (SSSR count). The first-order valence-electron chi connectivity index (χ1n) is 6.39. The summed E-state index contributed by atoms with van der Waals surface area (Å²) < 4.78 is 1.96. The van der Waals surface area contributed by atoms with Crippen molar-refractivity contribution in [1.82, 2.24) is 9.78 Å². The van der Waals surface area contributed by atoms with Crippen molar-refractivity contribution >= 4 is 17.5 Å². The summed E-state index contributed by atoms with van der Waals surface area (Å²) in [5.74, 6) is 1.49. The van der Waals surface area contributed by atoms with Gasteiger partial charge in [0.15, 0.2) is 5.78 Å². The highest BCUT2D eigenvalue weighted by atomic mass is 32.2. The second-order valence-corrected chi connectivity index (χ2v) is 6.00. The van der Waals surface area contributed by atoms with Gasteiger partial charge in [-0.05, 0) is 38.0 Å². The molecule has 0 aliphatic carbocycles. The third-order valence-electron chi connectivity index (χ3n) is 3.35. The molecular formula is C13H20N2OS. The molecule has 1 aliphatic heterocycles. The Bertz CT molecular complexity index is 383. The van der Waals surface area contributed by atoms with Gasteiger partial charge in [0.2, 0.25) is 0 Å². The van der Waals surface area contributed by atoms with Crippen molar-refractivity contribution in [3.63, 3.8) is 0 Å². The molecule has 2 unspecified atom stereocenters. The molecule has 17 heavy (non-hydrogen) atoms. The van der Waals surface area contributed by atoms with Crippen LogP contribution in [0.15, 0.2) is 12.3 Å². The molecule has 1 aromatic heterocycles. The average molecular weight is 252 g/mol. The predicted octanol–water partition coefficient (Wildman–Crippen LogP) is 2.86. The largest absolute Gasteiger partial charge is 0.298 e. The molecule has 1 aromatic rings. The van der Waals surface area contributed by atoms with Gasteiger partial charge in [-0.15, -0.1) is 0 Å². The Balaban J connectivity index is 1.94. The first-order valence-corrected chi connectivity index (χ1v) is 7.44. The van der Waals surface area contributed by atoms with E-state index in [0.29, 0.717) is 18.2 Å². The molecule has 4 heteroatoms. The fraction of sp³-hybridized carbons (Fsp3) is 0.692. The molecule has 0 aromatic carbocycles. The van der Waals surface area contributed by atoms with Gasteiger partial charge in [0, 0.05) is 12.2 Å². The van der Waals surface area contributed by atoms with Gasteiger partial charge in [-0.1, -0.05) is 6.92 Å². The summed E-state index contributed by atoms with van der Waals surface area (Å²) in [6.07, 6.45) is 5.78. The Morgan fingerprint density at radius 3 is 3.18 bits per heavy atom. The normalized spacial score (nSPS) is 21.6. The highest BCUT2D eigenvalue weighted by Gasteiger charge is 2.23. The molecule has 3 nitrogen and oxygen atoms in total. The summed E-state index contributed by atoms with van der Waals surface area (Å²) in [5.41, 5.74) is 0.919. The lowest BCUT2D eigenvalue weighted by Crippen LogP contribution is -2.17. The van der Waals surface area contributed by atoms with Gasteiger partial charge in [-0.2, -0.15) is 16.9 Å². The van der Waals surface area contributed by atoms with Crippen LogP contribution in [0, 0.1) is 0 Å². The van der Waals surface area contributed by atoms with Crippen molar-refractivity contribution in [1.29, 1.82) is 0 Å². The van der Waals surface area contributed by atoms with Crippen LogP contribution in [0.3, 0.4) is 0 Å². The number of rotatable bonds is 5. The van der Waals surface area contributed by atoms with Crippen molar-refractivity contribution < 1.29 is 4.79 Å². The second kappa shape index (κ2) is 5.71. The van der Waals surface area contributed by atoms with E-state index in [1.165, 1.54) is 6.42 Å². The third kappa shape index (κ3) is 3.12. The summed E-state index contributed by atoms with van der Waals surface area (Å²) in [7, 11) is 0. The quantitative estimate of drug-likeness (QED) is 0.808. The molecule has 0 N–H and O–H groups in total. The Labute approximate surface area is 107 Å². The minimum atomic E-state index is 0.226. The van der Waals surface area contributed by atoms with Crippen LogP contribution in [0.2, 0.25) is 0 Å². The number of ketones is 1. The number of hydrogen-bond donors (Lipinski definition) is 0. The van der Waals surface area contributed by atoms with Crippen molar-refractivity contribution in [2.45, 2.75) is 50.8 Å². The zero-order valence-electron chi connectivity index (χ0n) is 10.6. The predicted molar refractivity (Wildman–Crippen MR) is 71.4 cm³/mol. The highest BCUT2D eigenvalue weighted by molar-refractivity contribution is 8.00. The molecule has 0 radical (unpaired) electrons. The van der Waals surface area contributed by atoms with Gasteiger partial charge in [0.25, 0.3) is 0 Å². The number of Topliss-reactive ketones (excluding diaryl/α,β-unsaturated/α-hetero) is 1. The van der Waals surface area contributed by atoms with Crippen LogP contribution in [-0.4, -0.2) is 26.6 Å². The van der Waals surface area contributed by atoms with Crippen LogP contribution in [-0.2, 0) is 11.2 Å². The maximum absolute atomic E-state index is 12.0. The van der Waals surface area contributed by atoms with Gasteiger partial charge < -0.3 is 0 Å². The maximum Gasteiger partial charge on any atom is 0.151 e. The molecular weight excluding hydrogens is 232 g/mol. The minimum Gasteiger partial charge on any atom is -0.298 e. The Hall–Kier alpha value is -0.770. The number of nitrogens with zero attached hydrogens (tertiary/aromatic N) is 2. The fourth-order valence-corrected chi connectivity index (χ4v) is 3.25. The molecule has 2 atom stereocenters. The van der Waals surface area contributed by atoms with Gasteiger partial charge >= 0.3 is 0 Å². The van der Waals surface area contributed by atoms with Crippen molar-refractivity contribution in [3.05, 3.63) is 18.0 Å². The molecule has 2 heterocycles. The molecule has 94 valence electrons.